The zero-order valence-corrected chi connectivity index (χ0v) is 11.0. The molecule has 0 saturated carbocycles. The topological polar surface area (TPSA) is 85.6 Å². The number of hydrogen-bond acceptors (Lipinski definition) is 5. The number of rotatable bonds is 4. The van der Waals surface area contributed by atoms with E-state index in [0.29, 0.717) is 11.5 Å². The largest absolute Gasteiger partial charge is 0.323 e. The molecule has 0 aliphatic heterocycles. The van der Waals surface area contributed by atoms with Crippen molar-refractivity contribution in [1.29, 1.82) is 0 Å². The number of carbonyl (C=O) groups is 1. The van der Waals surface area contributed by atoms with Crippen molar-refractivity contribution in [1.82, 2.24) is 25.2 Å². The number of anilines is 1. The first-order chi connectivity index (χ1) is 10.3. The van der Waals surface area contributed by atoms with Gasteiger partial charge in [-0.05, 0) is 17.3 Å². The zero-order valence-electron chi connectivity index (χ0n) is 11.0. The van der Waals surface area contributed by atoms with Crippen LogP contribution in [0.1, 0.15) is 0 Å². The normalized spacial score (nSPS) is 10.3. The first kappa shape index (κ1) is 12.9. The summed E-state index contributed by atoms with van der Waals surface area (Å²) in [5.74, 6) is 0.254. The van der Waals surface area contributed by atoms with Crippen molar-refractivity contribution in [3.63, 3.8) is 0 Å². The summed E-state index contributed by atoms with van der Waals surface area (Å²) >= 11 is 0. The standard InChI is InChI=1S/C14H12N6O/c21-13(16-12-7-4-8-15-9-12)10-20-18-14(17-19-20)11-5-2-1-3-6-11/h1-9H,10H2,(H,16,21). The summed E-state index contributed by atoms with van der Waals surface area (Å²) in [7, 11) is 0. The Morgan fingerprint density at radius 2 is 2.00 bits per heavy atom. The molecule has 1 amide bonds. The summed E-state index contributed by atoms with van der Waals surface area (Å²) < 4.78 is 0. The van der Waals surface area contributed by atoms with Crippen LogP contribution in [0.15, 0.2) is 54.9 Å². The number of nitrogens with one attached hydrogen (secondary N) is 1. The third-order valence-corrected chi connectivity index (χ3v) is 2.72. The average molecular weight is 280 g/mol. The van der Waals surface area contributed by atoms with Gasteiger partial charge in [-0.3, -0.25) is 9.78 Å². The number of carbonyl (C=O) groups excluding carboxylic acids is 1. The molecule has 0 aliphatic carbocycles. The van der Waals surface area contributed by atoms with Crippen LogP contribution in [0.5, 0.6) is 0 Å². The second-order valence-electron chi connectivity index (χ2n) is 4.30. The van der Waals surface area contributed by atoms with Gasteiger partial charge >= 0.3 is 0 Å². The molecule has 21 heavy (non-hydrogen) atoms. The highest BCUT2D eigenvalue weighted by molar-refractivity contribution is 5.90. The molecule has 0 fully saturated rings. The number of pyridine rings is 1. The molecule has 2 heterocycles. The summed E-state index contributed by atoms with van der Waals surface area (Å²) in [4.78, 5) is 17.0. The zero-order chi connectivity index (χ0) is 14.5. The maximum atomic E-state index is 11.9. The van der Waals surface area contributed by atoms with E-state index < -0.39 is 0 Å². The Hall–Kier alpha value is -3.09. The van der Waals surface area contributed by atoms with E-state index in [2.05, 4.69) is 25.7 Å². The third-order valence-electron chi connectivity index (χ3n) is 2.72. The van der Waals surface area contributed by atoms with Gasteiger partial charge in [0.05, 0.1) is 11.9 Å². The van der Waals surface area contributed by atoms with Gasteiger partial charge in [0.25, 0.3) is 0 Å². The predicted molar refractivity (Wildman–Crippen MR) is 76.1 cm³/mol. The molecule has 0 saturated heterocycles. The molecule has 3 rings (SSSR count). The van der Waals surface area contributed by atoms with Gasteiger partial charge in [0.1, 0.15) is 6.54 Å². The van der Waals surface area contributed by atoms with Gasteiger partial charge in [0.2, 0.25) is 11.7 Å². The Kier molecular flexibility index (Phi) is 3.64. The van der Waals surface area contributed by atoms with Crippen LogP contribution in [0.25, 0.3) is 11.4 Å². The maximum Gasteiger partial charge on any atom is 0.248 e. The van der Waals surface area contributed by atoms with Gasteiger partial charge in [-0.25, -0.2) is 0 Å². The molecule has 7 nitrogen and oxygen atoms in total. The lowest BCUT2D eigenvalue weighted by atomic mass is 10.2. The summed E-state index contributed by atoms with van der Waals surface area (Å²) in [6.07, 6.45) is 3.21. The Balaban J connectivity index is 1.66. The summed E-state index contributed by atoms with van der Waals surface area (Å²) in [6, 6.07) is 13.0. The highest BCUT2D eigenvalue weighted by Gasteiger charge is 2.09. The van der Waals surface area contributed by atoms with Crippen LogP contribution in [0.4, 0.5) is 5.69 Å². The van der Waals surface area contributed by atoms with Crippen LogP contribution < -0.4 is 5.32 Å². The van der Waals surface area contributed by atoms with E-state index >= 15 is 0 Å². The number of nitrogens with zero attached hydrogens (tertiary/aromatic N) is 5. The Bertz CT molecular complexity index is 725. The Morgan fingerprint density at radius 3 is 2.76 bits per heavy atom. The van der Waals surface area contributed by atoms with Crippen LogP contribution >= 0.6 is 0 Å². The lowest BCUT2D eigenvalue weighted by Gasteiger charge is -2.02. The van der Waals surface area contributed by atoms with Crippen LogP contribution in [0, 0.1) is 0 Å². The van der Waals surface area contributed by atoms with Crippen LogP contribution in [-0.4, -0.2) is 31.1 Å². The molecule has 1 N–H and O–H groups in total. The van der Waals surface area contributed by atoms with E-state index in [0.717, 1.165) is 5.56 Å². The first-order valence-corrected chi connectivity index (χ1v) is 6.34. The Morgan fingerprint density at radius 1 is 1.14 bits per heavy atom. The molecule has 0 atom stereocenters. The lowest BCUT2D eigenvalue weighted by Crippen LogP contribution is -2.20. The van der Waals surface area contributed by atoms with Crippen molar-refractivity contribution < 1.29 is 4.79 Å². The molecule has 104 valence electrons. The summed E-state index contributed by atoms with van der Waals surface area (Å²) in [5, 5.41) is 14.7. The van der Waals surface area contributed by atoms with Gasteiger partial charge in [-0.15, -0.1) is 10.2 Å². The number of benzene rings is 1. The molecule has 2 aromatic heterocycles. The number of amides is 1. The summed E-state index contributed by atoms with van der Waals surface area (Å²) in [5.41, 5.74) is 1.49. The lowest BCUT2D eigenvalue weighted by molar-refractivity contribution is -0.117. The SMILES string of the molecule is O=C(Cn1nnc(-c2ccccc2)n1)Nc1cccnc1. The van der Waals surface area contributed by atoms with Gasteiger partial charge in [-0.1, -0.05) is 30.3 Å². The molecule has 0 spiro atoms. The molecule has 1 aromatic carbocycles. The van der Waals surface area contributed by atoms with Gasteiger partial charge in [0.15, 0.2) is 0 Å². The van der Waals surface area contributed by atoms with Crippen molar-refractivity contribution in [2.75, 3.05) is 5.32 Å². The minimum Gasteiger partial charge on any atom is -0.323 e. The second-order valence-corrected chi connectivity index (χ2v) is 4.30. The molecule has 0 unspecified atom stereocenters. The molecule has 0 aliphatic rings. The van der Waals surface area contributed by atoms with Crippen LogP contribution in [0.3, 0.4) is 0 Å². The first-order valence-electron chi connectivity index (χ1n) is 6.34. The van der Waals surface area contributed by atoms with Crippen molar-refractivity contribution in [3.05, 3.63) is 54.9 Å². The molecule has 7 heteroatoms. The van der Waals surface area contributed by atoms with Crippen molar-refractivity contribution in [2.24, 2.45) is 0 Å². The van der Waals surface area contributed by atoms with Gasteiger partial charge < -0.3 is 5.32 Å². The number of hydrogen-bond donors (Lipinski definition) is 1. The predicted octanol–water partition coefficient (Wildman–Crippen LogP) is 1.37. The molecule has 0 radical (unpaired) electrons. The third kappa shape index (κ3) is 3.27. The Labute approximate surface area is 120 Å². The monoisotopic (exact) mass is 280 g/mol. The fourth-order valence-electron chi connectivity index (χ4n) is 1.78. The minimum absolute atomic E-state index is 0.00523. The second kappa shape index (κ2) is 5.91. The van der Waals surface area contributed by atoms with E-state index in [4.69, 9.17) is 0 Å². The maximum absolute atomic E-state index is 11.9. The molecule has 0 bridgehead atoms. The van der Waals surface area contributed by atoms with Gasteiger partial charge in [-0.2, -0.15) is 4.80 Å². The molecular formula is C14H12N6O. The fraction of sp³-hybridized carbons (Fsp3) is 0.0714. The van der Waals surface area contributed by atoms with Crippen molar-refractivity contribution in [2.45, 2.75) is 6.54 Å². The van der Waals surface area contributed by atoms with Crippen molar-refractivity contribution in [3.8, 4) is 11.4 Å². The van der Waals surface area contributed by atoms with E-state index in [9.17, 15) is 4.79 Å². The smallest absolute Gasteiger partial charge is 0.248 e. The highest BCUT2D eigenvalue weighted by atomic mass is 16.2. The minimum atomic E-state index is -0.236. The van der Waals surface area contributed by atoms with Crippen molar-refractivity contribution >= 4 is 11.6 Å². The van der Waals surface area contributed by atoms with E-state index in [1.165, 1.54) is 4.80 Å². The van der Waals surface area contributed by atoms with E-state index in [-0.39, 0.29) is 12.5 Å². The van der Waals surface area contributed by atoms with Crippen LogP contribution in [-0.2, 0) is 11.3 Å². The quantitative estimate of drug-likeness (QED) is 0.780. The van der Waals surface area contributed by atoms with Crippen LogP contribution in [0.2, 0.25) is 0 Å². The molecule has 3 aromatic rings. The number of tetrazole rings is 1. The average Bonchev–Trinajstić information content (AvgIpc) is 2.97. The van der Waals surface area contributed by atoms with E-state index in [1.54, 1.807) is 24.5 Å². The van der Waals surface area contributed by atoms with E-state index in [1.807, 2.05) is 30.3 Å². The summed E-state index contributed by atoms with van der Waals surface area (Å²) in [6.45, 7) is -0.00523. The molecular weight excluding hydrogens is 268 g/mol. The highest BCUT2D eigenvalue weighted by Crippen LogP contribution is 2.11. The van der Waals surface area contributed by atoms with Gasteiger partial charge in [0, 0.05) is 11.8 Å². The fourth-order valence-corrected chi connectivity index (χ4v) is 1.78. The number of aromatic nitrogens is 5.